The molecule has 6 nitrogen and oxygen atoms in total. The van der Waals surface area contributed by atoms with Gasteiger partial charge in [-0.05, 0) is 65.3 Å². The van der Waals surface area contributed by atoms with Crippen molar-refractivity contribution in [1.82, 2.24) is 9.66 Å². The lowest BCUT2D eigenvalue weighted by molar-refractivity contribution is 0.779. The monoisotopic (exact) mass is 351 g/mol. The number of aromatic nitrogens is 2. The molecule has 0 atom stereocenters. The van der Waals surface area contributed by atoms with Crippen molar-refractivity contribution in [3.8, 4) is 0 Å². The number of hydrogen-bond acceptors (Lipinski definition) is 5. The van der Waals surface area contributed by atoms with Gasteiger partial charge in [0, 0.05) is 30.0 Å². The van der Waals surface area contributed by atoms with E-state index in [9.17, 15) is 4.79 Å². The molecule has 0 amide bonds. The van der Waals surface area contributed by atoms with E-state index in [4.69, 9.17) is 4.99 Å². The lowest BCUT2D eigenvalue weighted by Gasteiger charge is -2.21. The second kappa shape index (κ2) is 6.86. The van der Waals surface area contributed by atoms with E-state index in [-0.39, 0.29) is 5.56 Å². The Hall–Kier alpha value is -2.76. The Labute approximate surface area is 153 Å². The highest BCUT2D eigenvalue weighted by Crippen LogP contribution is 2.26. The molecular formula is C20H25N5O. The first-order valence-electron chi connectivity index (χ1n) is 8.98. The summed E-state index contributed by atoms with van der Waals surface area (Å²) in [7, 11) is 0. The van der Waals surface area contributed by atoms with Crippen molar-refractivity contribution in [2.45, 2.75) is 41.5 Å². The maximum absolute atomic E-state index is 12.4. The van der Waals surface area contributed by atoms with Crippen LogP contribution in [-0.4, -0.2) is 34.2 Å². The molecule has 0 N–H and O–H groups in total. The molecule has 0 aliphatic carbocycles. The standard InChI is InChI=1S/C20H25N5O/c1-7-24(8-2)16-9-10-17(12(3)11-16)22-18-15(6)23-25-19(18)21-14(5)13(4)20(25)26/h9-11H,7-8H2,1-6H3. The fourth-order valence-corrected chi connectivity index (χ4v) is 3.11. The van der Waals surface area contributed by atoms with E-state index in [1.165, 1.54) is 10.4 Å². The average Bonchev–Trinajstić information content (AvgIpc) is 2.92. The van der Waals surface area contributed by atoms with Gasteiger partial charge in [-0.1, -0.05) is 0 Å². The summed E-state index contributed by atoms with van der Waals surface area (Å²) in [6.45, 7) is 13.8. The molecular weight excluding hydrogens is 326 g/mol. The van der Waals surface area contributed by atoms with Gasteiger partial charge in [0.1, 0.15) is 5.71 Å². The lowest BCUT2D eigenvalue weighted by Crippen LogP contribution is -2.24. The molecule has 0 saturated carbocycles. The van der Waals surface area contributed by atoms with Gasteiger partial charge in [-0.2, -0.15) is 9.78 Å². The first kappa shape index (κ1) is 18.0. The molecule has 0 spiro atoms. The Balaban J connectivity index is 2.08. The fraction of sp³-hybridized carbons (Fsp3) is 0.400. The number of hydrogen-bond donors (Lipinski definition) is 0. The number of benzene rings is 1. The van der Waals surface area contributed by atoms with Crippen LogP contribution < -0.4 is 10.5 Å². The number of anilines is 1. The van der Waals surface area contributed by atoms with Crippen LogP contribution in [0.5, 0.6) is 0 Å². The quantitative estimate of drug-likeness (QED) is 0.848. The van der Waals surface area contributed by atoms with Gasteiger partial charge in [-0.25, -0.2) is 9.98 Å². The predicted molar refractivity (Wildman–Crippen MR) is 107 cm³/mol. The second-order valence-electron chi connectivity index (χ2n) is 6.55. The van der Waals surface area contributed by atoms with Gasteiger partial charge >= 0.3 is 0 Å². The highest BCUT2D eigenvalue weighted by molar-refractivity contribution is 6.48. The van der Waals surface area contributed by atoms with Gasteiger partial charge in [-0.15, -0.1) is 0 Å². The molecule has 1 aliphatic heterocycles. The van der Waals surface area contributed by atoms with Crippen molar-refractivity contribution < 1.29 is 0 Å². The number of rotatable bonds is 4. The van der Waals surface area contributed by atoms with Crippen molar-refractivity contribution in [2.24, 2.45) is 10.1 Å². The van der Waals surface area contributed by atoms with Gasteiger partial charge in [0.25, 0.3) is 5.56 Å². The van der Waals surface area contributed by atoms with E-state index >= 15 is 0 Å². The van der Waals surface area contributed by atoms with Crippen molar-refractivity contribution in [1.29, 1.82) is 0 Å². The van der Waals surface area contributed by atoms with E-state index in [2.05, 4.69) is 47.9 Å². The minimum absolute atomic E-state index is 0.134. The van der Waals surface area contributed by atoms with Crippen molar-refractivity contribution in [3.63, 3.8) is 0 Å². The van der Waals surface area contributed by atoms with E-state index < -0.39 is 0 Å². The van der Waals surface area contributed by atoms with E-state index in [1.54, 1.807) is 6.92 Å². The molecule has 1 aromatic heterocycles. The summed E-state index contributed by atoms with van der Waals surface area (Å²) < 4.78 is 1.36. The van der Waals surface area contributed by atoms with Crippen LogP contribution in [0, 0.1) is 20.8 Å². The average molecular weight is 351 g/mol. The van der Waals surface area contributed by atoms with Gasteiger partial charge < -0.3 is 4.90 Å². The summed E-state index contributed by atoms with van der Waals surface area (Å²) in [5.74, 6) is 0.516. The molecule has 0 unspecified atom stereocenters. The summed E-state index contributed by atoms with van der Waals surface area (Å²) in [6, 6.07) is 6.25. The summed E-state index contributed by atoms with van der Waals surface area (Å²) in [5, 5.41) is 4.35. The maximum atomic E-state index is 12.4. The van der Waals surface area contributed by atoms with Crippen molar-refractivity contribution in [3.05, 3.63) is 51.2 Å². The van der Waals surface area contributed by atoms with Crippen LogP contribution in [0.15, 0.2) is 33.1 Å². The second-order valence-corrected chi connectivity index (χ2v) is 6.55. The first-order chi connectivity index (χ1) is 12.4. The van der Waals surface area contributed by atoms with Crippen LogP contribution in [0.25, 0.3) is 0 Å². The fourth-order valence-electron chi connectivity index (χ4n) is 3.11. The SMILES string of the molecule is CCN(CC)c1ccc(N=C2C(C)=Nn3c2nc(C)c(C)c3=O)c(C)c1. The van der Waals surface area contributed by atoms with Crippen molar-refractivity contribution >= 4 is 22.8 Å². The number of fused-ring (bicyclic) bond motifs is 1. The molecule has 6 heteroatoms. The molecule has 0 radical (unpaired) electrons. The van der Waals surface area contributed by atoms with Crippen LogP contribution in [0.3, 0.4) is 0 Å². The van der Waals surface area contributed by atoms with E-state index in [0.29, 0.717) is 28.5 Å². The van der Waals surface area contributed by atoms with Gasteiger partial charge in [-0.3, -0.25) is 4.79 Å². The zero-order valence-electron chi connectivity index (χ0n) is 16.3. The smallest absolute Gasteiger partial charge is 0.277 e. The summed E-state index contributed by atoms with van der Waals surface area (Å²) in [5.41, 5.74) is 5.69. The zero-order chi connectivity index (χ0) is 19.0. The predicted octanol–water partition coefficient (Wildman–Crippen LogP) is 3.37. The largest absolute Gasteiger partial charge is 0.372 e. The molecule has 0 fully saturated rings. The molecule has 26 heavy (non-hydrogen) atoms. The Morgan fingerprint density at radius 2 is 1.81 bits per heavy atom. The molecule has 1 aromatic carbocycles. The molecule has 0 bridgehead atoms. The van der Waals surface area contributed by atoms with Crippen molar-refractivity contribution in [2.75, 3.05) is 18.0 Å². The molecule has 3 rings (SSSR count). The Morgan fingerprint density at radius 3 is 2.42 bits per heavy atom. The normalized spacial score (nSPS) is 14.5. The van der Waals surface area contributed by atoms with Gasteiger partial charge in [0.15, 0.2) is 5.82 Å². The highest BCUT2D eigenvalue weighted by atomic mass is 16.1. The first-order valence-corrected chi connectivity index (χ1v) is 8.98. The maximum Gasteiger partial charge on any atom is 0.277 e. The van der Waals surface area contributed by atoms with E-state index in [0.717, 1.165) is 24.3 Å². The lowest BCUT2D eigenvalue weighted by atomic mass is 10.1. The number of aliphatic imine (C=N–C) groups is 1. The van der Waals surface area contributed by atoms with E-state index in [1.807, 2.05) is 19.9 Å². The summed E-state index contributed by atoms with van der Waals surface area (Å²) in [6.07, 6.45) is 0. The minimum atomic E-state index is -0.134. The third-order valence-electron chi connectivity index (χ3n) is 4.88. The van der Waals surface area contributed by atoms with Gasteiger partial charge in [0.2, 0.25) is 0 Å². The molecule has 1 aliphatic rings. The van der Waals surface area contributed by atoms with Crippen LogP contribution >= 0.6 is 0 Å². The number of nitrogens with zero attached hydrogens (tertiary/aromatic N) is 5. The third-order valence-corrected chi connectivity index (χ3v) is 4.88. The molecule has 2 heterocycles. The Morgan fingerprint density at radius 1 is 1.12 bits per heavy atom. The molecule has 136 valence electrons. The van der Waals surface area contributed by atoms with Crippen LogP contribution in [0.4, 0.5) is 11.4 Å². The van der Waals surface area contributed by atoms with Crippen LogP contribution in [-0.2, 0) is 0 Å². The zero-order valence-corrected chi connectivity index (χ0v) is 16.3. The molecule has 2 aromatic rings. The highest BCUT2D eigenvalue weighted by Gasteiger charge is 2.24. The minimum Gasteiger partial charge on any atom is -0.372 e. The third kappa shape index (κ3) is 2.96. The van der Waals surface area contributed by atoms with Crippen LogP contribution in [0.2, 0.25) is 0 Å². The Kier molecular flexibility index (Phi) is 4.76. The summed E-state index contributed by atoms with van der Waals surface area (Å²) in [4.78, 5) is 24.1. The Bertz CT molecular complexity index is 980. The summed E-state index contributed by atoms with van der Waals surface area (Å²) >= 11 is 0. The van der Waals surface area contributed by atoms with Crippen LogP contribution in [0.1, 0.15) is 43.4 Å². The molecule has 0 saturated heterocycles. The van der Waals surface area contributed by atoms with Gasteiger partial charge in [0.05, 0.1) is 11.4 Å². The number of aryl methyl sites for hydroxylation is 2. The topological polar surface area (TPSA) is 62.9 Å².